The largest absolute Gasteiger partial charge is 0.486 e. The molecule has 0 bridgehead atoms. The molecule has 1 aromatic heterocycles. The van der Waals surface area contributed by atoms with Crippen molar-refractivity contribution >= 4 is 16.6 Å². The van der Waals surface area contributed by atoms with Gasteiger partial charge in [-0.05, 0) is 13.0 Å². The summed E-state index contributed by atoms with van der Waals surface area (Å²) in [6, 6.07) is 8.19. The number of aryl methyl sites for hydroxylation is 1. The molecule has 0 spiro atoms. The highest BCUT2D eigenvalue weighted by Crippen LogP contribution is 2.32. The van der Waals surface area contributed by atoms with Crippen LogP contribution in [-0.4, -0.2) is 17.2 Å². The molecule has 18 heavy (non-hydrogen) atoms. The molecule has 2 heterocycles. The molecule has 94 valence electrons. The molecule has 0 saturated carbocycles. The molecular formula is C14H16N2O2. The van der Waals surface area contributed by atoms with E-state index in [2.05, 4.69) is 12.2 Å². The fourth-order valence-electron chi connectivity index (χ4n) is 2.40. The second kappa shape index (κ2) is 4.05. The van der Waals surface area contributed by atoms with E-state index in [4.69, 9.17) is 4.74 Å². The van der Waals surface area contributed by atoms with Crippen molar-refractivity contribution in [3.05, 3.63) is 34.6 Å². The van der Waals surface area contributed by atoms with Crippen LogP contribution < -0.4 is 15.6 Å². The van der Waals surface area contributed by atoms with Crippen LogP contribution in [0.4, 0.5) is 5.69 Å². The first kappa shape index (κ1) is 11.1. The van der Waals surface area contributed by atoms with Crippen LogP contribution in [0, 0.1) is 0 Å². The Balaban J connectivity index is 2.40. The minimum atomic E-state index is -0.0784. The Hall–Kier alpha value is -1.97. The van der Waals surface area contributed by atoms with Crippen molar-refractivity contribution in [3.63, 3.8) is 0 Å². The minimum Gasteiger partial charge on any atom is -0.486 e. The standard InChI is InChI=1S/C14H16N2O2/c1-9-7-8-18-13-12(15-9)10-5-3-4-6-11(10)16(2)14(13)17/h3-6,9,15H,7-8H2,1-2H3. The molecule has 1 aromatic carbocycles. The van der Waals surface area contributed by atoms with Crippen LogP contribution in [0.2, 0.25) is 0 Å². The van der Waals surface area contributed by atoms with E-state index in [1.165, 1.54) is 0 Å². The van der Waals surface area contributed by atoms with Crippen LogP contribution in [0.3, 0.4) is 0 Å². The van der Waals surface area contributed by atoms with Gasteiger partial charge in [-0.15, -0.1) is 0 Å². The van der Waals surface area contributed by atoms with Crippen LogP contribution in [-0.2, 0) is 7.05 Å². The number of para-hydroxylation sites is 1. The molecule has 1 unspecified atom stereocenters. The summed E-state index contributed by atoms with van der Waals surface area (Å²) in [5.41, 5.74) is 1.68. The van der Waals surface area contributed by atoms with E-state index >= 15 is 0 Å². The van der Waals surface area contributed by atoms with Gasteiger partial charge in [0.15, 0.2) is 0 Å². The summed E-state index contributed by atoms with van der Waals surface area (Å²) < 4.78 is 7.29. The van der Waals surface area contributed by atoms with Gasteiger partial charge in [0.1, 0.15) is 0 Å². The van der Waals surface area contributed by atoms with E-state index in [0.29, 0.717) is 18.4 Å². The maximum Gasteiger partial charge on any atom is 0.295 e. The van der Waals surface area contributed by atoms with Crippen LogP contribution >= 0.6 is 0 Å². The normalized spacial score (nSPS) is 18.7. The smallest absolute Gasteiger partial charge is 0.295 e. The monoisotopic (exact) mass is 244 g/mol. The van der Waals surface area contributed by atoms with Gasteiger partial charge in [0.25, 0.3) is 5.56 Å². The Morgan fingerprint density at radius 1 is 1.39 bits per heavy atom. The summed E-state index contributed by atoms with van der Waals surface area (Å²) in [4.78, 5) is 12.3. The van der Waals surface area contributed by atoms with E-state index < -0.39 is 0 Å². The van der Waals surface area contributed by atoms with Crippen molar-refractivity contribution in [2.45, 2.75) is 19.4 Å². The van der Waals surface area contributed by atoms with E-state index in [-0.39, 0.29) is 5.56 Å². The molecule has 1 atom stereocenters. The second-order valence-corrected chi connectivity index (χ2v) is 4.77. The number of fused-ring (bicyclic) bond motifs is 3. The summed E-state index contributed by atoms with van der Waals surface area (Å²) in [5, 5.41) is 4.43. The van der Waals surface area contributed by atoms with E-state index in [9.17, 15) is 4.79 Å². The Morgan fingerprint density at radius 3 is 3.00 bits per heavy atom. The Morgan fingerprint density at radius 2 is 2.17 bits per heavy atom. The molecule has 1 N–H and O–H groups in total. The lowest BCUT2D eigenvalue weighted by Crippen LogP contribution is -2.21. The molecule has 2 aromatic rings. The number of pyridine rings is 1. The molecule has 1 aliphatic heterocycles. The summed E-state index contributed by atoms with van der Waals surface area (Å²) in [6.07, 6.45) is 0.895. The summed E-state index contributed by atoms with van der Waals surface area (Å²) in [7, 11) is 1.78. The van der Waals surface area contributed by atoms with Crippen LogP contribution in [0.25, 0.3) is 10.9 Å². The SMILES string of the molecule is CC1CCOc2c(c3ccccc3n(C)c2=O)N1. The molecule has 4 nitrogen and oxygen atoms in total. The van der Waals surface area contributed by atoms with Crippen molar-refractivity contribution < 1.29 is 4.74 Å². The zero-order valence-electron chi connectivity index (χ0n) is 10.6. The van der Waals surface area contributed by atoms with Crippen molar-refractivity contribution in [2.75, 3.05) is 11.9 Å². The Bertz CT molecular complexity index is 661. The van der Waals surface area contributed by atoms with E-state index in [1.54, 1.807) is 11.6 Å². The van der Waals surface area contributed by atoms with Crippen molar-refractivity contribution in [1.29, 1.82) is 0 Å². The average molecular weight is 244 g/mol. The van der Waals surface area contributed by atoms with Gasteiger partial charge >= 0.3 is 0 Å². The number of benzene rings is 1. The molecule has 0 fully saturated rings. The van der Waals surface area contributed by atoms with Crippen molar-refractivity contribution in [3.8, 4) is 5.75 Å². The fourth-order valence-corrected chi connectivity index (χ4v) is 2.40. The number of nitrogens with zero attached hydrogens (tertiary/aromatic N) is 1. The fraction of sp³-hybridized carbons (Fsp3) is 0.357. The predicted octanol–water partition coefficient (Wildman–Crippen LogP) is 2.12. The first-order valence-electron chi connectivity index (χ1n) is 6.19. The van der Waals surface area contributed by atoms with Gasteiger partial charge in [-0.3, -0.25) is 4.79 Å². The Labute approximate surface area is 105 Å². The number of ether oxygens (including phenoxy) is 1. The number of hydrogen-bond acceptors (Lipinski definition) is 3. The number of aromatic nitrogens is 1. The number of rotatable bonds is 0. The minimum absolute atomic E-state index is 0.0784. The van der Waals surface area contributed by atoms with Crippen LogP contribution in [0.5, 0.6) is 5.75 Å². The summed E-state index contributed by atoms with van der Waals surface area (Å²) in [6.45, 7) is 2.68. The molecule has 0 amide bonds. The van der Waals surface area contributed by atoms with Gasteiger partial charge in [0.2, 0.25) is 5.75 Å². The molecule has 0 saturated heterocycles. The first-order valence-corrected chi connectivity index (χ1v) is 6.19. The molecule has 3 rings (SSSR count). The lowest BCUT2D eigenvalue weighted by Gasteiger charge is -2.15. The maximum absolute atomic E-state index is 12.3. The first-order chi connectivity index (χ1) is 8.68. The van der Waals surface area contributed by atoms with E-state index in [0.717, 1.165) is 23.0 Å². The van der Waals surface area contributed by atoms with Crippen molar-refractivity contribution in [2.24, 2.45) is 7.05 Å². The molecule has 0 radical (unpaired) electrons. The highest BCUT2D eigenvalue weighted by Gasteiger charge is 2.20. The average Bonchev–Trinajstić information content (AvgIpc) is 2.58. The quantitative estimate of drug-likeness (QED) is 0.772. The number of hydrogen-bond donors (Lipinski definition) is 1. The summed E-state index contributed by atoms with van der Waals surface area (Å²) >= 11 is 0. The van der Waals surface area contributed by atoms with E-state index in [1.807, 2.05) is 24.3 Å². The molecular weight excluding hydrogens is 228 g/mol. The van der Waals surface area contributed by atoms with Gasteiger partial charge in [-0.1, -0.05) is 18.2 Å². The zero-order chi connectivity index (χ0) is 12.7. The van der Waals surface area contributed by atoms with Gasteiger partial charge < -0.3 is 14.6 Å². The third-order valence-corrected chi connectivity index (χ3v) is 3.45. The molecule has 0 aliphatic carbocycles. The van der Waals surface area contributed by atoms with Gasteiger partial charge in [-0.25, -0.2) is 0 Å². The van der Waals surface area contributed by atoms with Gasteiger partial charge in [0, 0.05) is 24.9 Å². The van der Waals surface area contributed by atoms with Crippen LogP contribution in [0.15, 0.2) is 29.1 Å². The Kier molecular flexibility index (Phi) is 2.51. The third-order valence-electron chi connectivity index (χ3n) is 3.45. The lowest BCUT2D eigenvalue weighted by molar-refractivity contribution is 0.309. The molecule has 1 aliphatic rings. The molecule has 4 heteroatoms. The highest BCUT2D eigenvalue weighted by atomic mass is 16.5. The van der Waals surface area contributed by atoms with Gasteiger partial charge in [0.05, 0.1) is 17.8 Å². The second-order valence-electron chi connectivity index (χ2n) is 4.77. The lowest BCUT2D eigenvalue weighted by atomic mass is 10.1. The van der Waals surface area contributed by atoms with Crippen molar-refractivity contribution in [1.82, 2.24) is 4.57 Å². The van der Waals surface area contributed by atoms with Gasteiger partial charge in [-0.2, -0.15) is 0 Å². The predicted molar refractivity (Wildman–Crippen MR) is 72.4 cm³/mol. The topological polar surface area (TPSA) is 43.3 Å². The summed E-state index contributed by atoms with van der Waals surface area (Å²) in [5.74, 6) is 0.445. The zero-order valence-corrected chi connectivity index (χ0v) is 10.6. The maximum atomic E-state index is 12.3. The third kappa shape index (κ3) is 1.56. The highest BCUT2D eigenvalue weighted by molar-refractivity contribution is 5.94. The number of nitrogens with one attached hydrogen (secondary N) is 1. The van der Waals surface area contributed by atoms with Crippen LogP contribution in [0.1, 0.15) is 13.3 Å². The number of anilines is 1.